The highest BCUT2D eigenvalue weighted by Gasteiger charge is 1.94. The number of carbonyl (C=O) groups is 1. The third kappa shape index (κ3) is 5.19. The van der Waals surface area contributed by atoms with E-state index in [9.17, 15) is 4.79 Å². The van der Waals surface area contributed by atoms with Gasteiger partial charge < -0.3 is 4.74 Å². The van der Waals surface area contributed by atoms with Gasteiger partial charge in [0.15, 0.2) is 0 Å². The molecule has 0 heterocycles. The Morgan fingerprint density at radius 3 is 2.36 bits per heavy atom. The van der Waals surface area contributed by atoms with Crippen LogP contribution in [0.25, 0.3) is 0 Å². The Bertz CT molecular complexity index is 226. The predicted octanol–water partition coefficient (Wildman–Crippen LogP) is 2.18. The molecule has 0 amide bonds. The third-order valence-electron chi connectivity index (χ3n) is 0.846. The van der Waals surface area contributed by atoms with Gasteiger partial charge in [0, 0.05) is 13.0 Å². The van der Waals surface area contributed by atoms with Crippen molar-refractivity contribution in [1.29, 1.82) is 0 Å². The first-order valence-electron chi connectivity index (χ1n) is 3.31. The zero-order chi connectivity index (χ0) is 8.85. The zero-order valence-electron chi connectivity index (χ0n) is 7.10. The number of allylic oxidation sites excluding steroid dienone is 1. The van der Waals surface area contributed by atoms with Gasteiger partial charge >= 0.3 is 5.97 Å². The molecular weight excluding hydrogens is 140 g/mol. The lowest BCUT2D eigenvalue weighted by molar-refractivity contribution is -0.133. The summed E-state index contributed by atoms with van der Waals surface area (Å²) in [4.78, 5) is 10.6. The van der Waals surface area contributed by atoms with Gasteiger partial charge in [-0.1, -0.05) is 12.3 Å². The van der Waals surface area contributed by atoms with Gasteiger partial charge in [0.1, 0.15) is 5.76 Å². The number of hydrogen-bond donors (Lipinski definition) is 0. The maximum atomic E-state index is 10.6. The quantitative estimate of drug-likeness (QED) is 0.262. The van der Waals surface area contributed by atoms with Gasteiger partial charge in [-0.25, -0.2) is 4.79 Å². The van der Waals surface area contributed by atoms with E-state index in [0.29, 0.717) is 5.76 Å². The Labute approximate surface area is 66.9 Å². The highest BCUT2D eigenvalue weighted by atomic mass is 16.5. The van der Waals surface area contributed by atoms with Gasteiger partial charge in [-0.05, 0) is 19.4 Å². The minimum Gasteiger partial charge on any atom is -0.420 e. The molecule has 0 bridgehead atoms. The molecule has 2 nitrogen and oxygen atoms in total. The molecule has 0 radical (unpaired) electrons. The number of rotatable bonds is 2. The first-order valence-corrected chi connectivity index (χ1v) is 3.31. The van der Waals surface area contributed by atoms with Gasteiger partial charge in [0.2, 0.25) is 0 Å². The van der Waals surface area contributed by atoms with Crippen molar-refractivity contribution in [2.24, 2.45) is 0 Å². The van der Waals surface area contributed by atoms with Crippen LogP contribution in [0.3, 0.4) is 0 Å². The second kappa shape index (κ2) is 4.53. The lowest BCUT2D eigenvalue weighted by Crippen LogP contribution is -1.96. The topological polar surface area (TPSA) is 26.3 Å². The first-order chi connectivity index (χ1) is 5.06. The molecule has 0 aromatic heterocycles. The maximum absolute atomic E-state index is 10.6. The summed E-state index contributed by atoms with van der Waals surface area (Å²) in [6.07, 6.45) is 1.12. The first kappa shape index (κ1) is 9.73. The second-order valence-electron chi connectivity index (χ2n) is 2.31. The Balaban J connectivity index is 4.30. The van der Waals surface area contributed by atoms with Gasteiger partial charge in [-0.3, -0.25) is 0 Å². The molecule has 0 fully saturated rings. The van der Waals surface area contributed by atoms with Crippen LogP contribution in [0.5, 0.6) is 0 Å². The molecule has 60 valence electrons. The minimum atomic E-state index is -0.448. The normalized spacial score (nSPS) is 7.91. The molecule has 0 saturated heterocycles. The van der Waals surface area contributed by atoms with E-state index in [4.69, 9.17) is 4.74 Å². The fourth-order valence-corrected chi connectivity index (χ4v) is 0.570. The summed E-state index contributed by atoms with van der Waals surface area (Å²) in [5, 5.41) is 0. The van der Waals surface area contributed by atoms with Gasteiger partial charge in [0.25, 0.3) is 0 Å². The molecule has 0 saturated carbocycles. The number of esters is 1. The van der Waals surface area contributed by atoms with Gasteiger partial charge in [-0.2, -0.15) is 0 Å². The summed E-state index contributed by atoms with van der Waals surface area (Å²) < 4.78 is 4.74. The van der Waals surface area contributed by atoms with Crippen molar-refractivity contribution in [3.63, 3.8) is 0 Å². The van der Waals surface area contributed by atoms with Gasteiger partial charge in [-0.15, -0.1) is 0 Å². The van der Waals surface area contributed by atoms with Crippen molar-refractivity contribution < 1.29 is 9.53 Å². The van der Waals surface area contributed by atoms with Crippen LogP contribution in [0.2, 0.25) is 0 Å². The average molecular weight is 152 g/mol. The summed E-state index contributed by atoms with van der Waals surface area (Å²) in [5.74, 6) is 0.0196. The summed E-state index contributed by atoms with van der Waals surface area (Å²) in [7, 11) is 0. The van der Waals surface area contributed by atoms with E-state index in [1.165, 1.54) is 0 Å². The van der Waals surface area contributed by atoms with E-state index in [0.717, 1.165) is 11.6 Å². The van der Waals surface area contributed by atoms with Crippen LogP contribution in [0.15, 0.2) is 29.7 Å². The molecule has 0 aliphatic heterocycles. The summed E-state index contributed by atoms with van der Waals surface area (Å²) in [5.41, 5.74) is 3.82. The molecule has 0 aromatic rings. The molecule has 0 spiro atoms. The summed E-state index contributed by atoms with van der Waals surface area (Å²) in [6, 6.07) is 0. The van der Waals surface area contributed by atoms with Crippen LogP contribution in [-0.4, -0.2) is 5.97 Å². The van der Waals surface area contributed by atoms with Crippen LogP contribution in [0, 0.1) is 0 Å². The van der Waals surface area contributed by atoms with Crippen molar-refractivity contribution in [3.8, 4) is 0 Å². The van der Waals surface area contributed by atoms with Crippen molar-refractivity contribution in [2.75, 3.05) is 0 Å². The van der Waals surface area contributed by atoms with Crippen LogP contribution in [-0.2, 0) is 9.53 Å². The van der Waals surface area contributed by atoms with E-state index in [1.807, 2.05) is 13.8 Å². The standard InChI is InChI=1S/C9H12O2/c1-5-9(10)11-8(4)6-7(2)3/h5H,1H2,2-4H3. The Kier molecular flexibility index (Phi) is 4.01. The van der Waals surface area contributed by atoms with Crippen molar-refractivity contribution in [1.82, 2.24) is 0 Å². The molecule has 0 aliphatic rings. The van der Waals surface area contributed by atoms with Crippen LogP contribution < -0.4 is 0 Å². The smallest absolute Gasteiger partial charge is 0.335 e. The highest BCUT2D eigenvalue weighted by molar-refractivity contribution is 5.81. The number of ether oxygens (including phenoxy) is 1. The molecule has 0 aromatic carbocycles. The molecule has 2 heteroatoms. The maximum Gasteiger partial charge on any atom is 0.335 e. The number of carbonyl (C=O) groups excluding carboxylic acids is 1. The molecule has 0 rings (SSSR count). The van der Waals surface area contributed by atoms with Gasteiger partial charge in [0.05, 0.1) is 0 Å². The summed E-state index contributed by atoms with van der Waals surface area (Å²) in [6.45, 7) is 8.71. The van der Waals surface area contributed by atoms with E-state index in [1.54, 1.807) is 6.92 Å². The van der Waals surface area contributed by atoms with E-state index < -0.39 is 5.97 Å². The third-order valence-corrected chi connectivity index (χ3v) is 0.846. The molecular formula is C9H12O2. The highest BCUT2D eigenvalue weighted by Crippen LogP contribution is 1.96. The van der Waals surface area contributed by atoms with E-state index >= 15 is 0 Å². The average Bonchev–Trinajstić information content (AvgIpc) is 1.85. The van der Waals surface area contributed by atoms with Crippen LogP contribution in [0.1, 0.15) is 20.8 Å². The molecule has 0 aliphatic carbocycles. The Morgan fingerprint density at radius 1 is 1.45 bits per heavy atom. The van der Waals surface area contributed by atoms with E-state index in [-0.39, 0.29) is 0 Å². The van der Waals surface area contributed by atoms with Crippen LogP contribution in [0.4, 0.5) is 0 Å². The SMILES string of the molecule is C=CC(=O)OC(C)=C=C(C)C. The monoisotopic (exact) mass is 152 g/mol. The fourth-order valence-electron chi connectivity index (χ4n) is 0.570. The second-order valence-corrected chi connectivity index (χ2v) is 2.31. The molecule has 0 N–H and O–H groups in total. The molecule has 0 atom stereocenters. The fraction of sp³-hybridized carbons (Fsp3) is 0.333. The predicted molar refractivity (Wildman–Crippen MR) is 43.9 cm³/mol. The minimum absolute atomic E-state index is 0.448. The molecule has 0 unspecified atom stereocenters. The lowest BCUT2D eigenvalue weighted by atomic mass is 10.3. The van der Waals surface area contributed by atoms with E-state index in [2.05, 4.69) is 12.3 Å². The molecule has 11 heavy (non-hydrogen) atoms. The zero-order valence-corrected chi connectivity index (χ0v) is 7.10. The Hall–Kier alpha value is -1.27. The number of hydrogen-bond acceptors (Lipinski definition) is 2. The largest absolute Gasteiger partial charge is 0.420 e. The van der Waals surface area contributed by atoms with Crippen molar-refractivity contribution in [3.05, 3.63) is 29.7 Å². The lowest BCUT2D eigenvalue weighted by Gasteiger charge is -1.95. The summed E-state index contributed by atoms with van der Waals surface area (Å²) >= 11 is 0. The van der Waals surface area contributed by atoms with Crippen LogP contribution >= 0.6 is 0 Å². The van der Waals surface area contributed by atoms with Crippen molar-refractivity contribution in [2.45, 2.75) is 20.8 Å². The van der Waals surface area contributed by atoms with Crippen molar-refractivity contribution >= 4 is 5.97 Å². The Morgan fingerprint density at radius 2 is 2.00 bits per heavy atom.